The molecule has 2 aromatic rings. The van der Waals surface area contributed by atoms with Crippen LogP contribution in [0.1, 0.15) is 36.8 Å². The number of fused-ring (bicyclic) bond motifs is 1. The fourth-order valence-corrected chi connectivity index (χ4v) is 3.54. The lowest BCUT2D eigenvalue weighted by atomic mass is 9.72. The first-order valence-corrected chi connectivity index (χ1v) is 7.86. The van der Waals surface area contributed by atoms with Gasteiger partial charge in [0.2, 0.25) is 0 Å². The van der Waals surface area contributed by atoms with E-state index in [1.165, 1.54) is 11.1 Å². The second-order valence-corrected chi connectivity index (χ2v) is 6.38. The molecule has 0 radical (unpaired) electrons. The van der Waals surface area contributed by atoms with Gasteiger partial charge in [-0.15, -0.1) is 0 Å². The fourth-order valence-electron chi connectivity index (χ4n) is 3.35. The maximum Gasteiger partial charge on any atom is 0.0750 e. The third-order valence-corrected chi connectivity index (χ3v) is 4.80. The average Bonchev–Trinajstić information content (AvgIpc) is 2.51. The third kappa shape index (κ3) is 2.66. The Labute approximate surface area is 131 Å². The first kappa shape index (κ1) is 14.4. The zero-order chi connectivity index (χ0) is 14.9. The van der Waals surface area contributed by atoms with Gasteiger partial charge in [-0.1, -0.05) is 48.9 Å². The van der Waals surface area contributed by atoms with Crippen molar-refractivity contribution in [1.29, 1.82) is 0 Å². The second-order valence-electron chi connectivity index (χ2n) is 5.95. The summed E-state index contributed by atoms with van der Waals surface area (Å²) in [6.45, 7) is 2.86. The number of nitrogens with two attached hydrogens (primary N) is 1. The number of hydrogen-bond acceptors (Lipinski definition) is 2. The highest BCUT2D eigenvalue weighted by molar-refractivity contribution is 6.30. The SMILES string of the molecule is CC1CCC(CN)(Nc2cccc(Cl)c2)c2ccccc21. The van der Waals surface area contributed by atoms with Gasteiger partial charge in [-0.05, 0) is 48.1 Å². The molecule has 2 nitrogen and oxygen atoms in total. The molecule has 0 bridgehead atoms. The second kappa shape index (κ2) is 5.70. The molecule has 0 spiro atoms. The van der Waals surface area contributed by atoms with Crippen LogP contribution in [-0.2, 0) is 5.54 Å². The Hall–Kier alpha value is -1.51. The molecule has 110 valence electrons. The van der Waals surface area contributed by atoms with Gasteiger partial charge in [0.1, 0.15) is 0 Å². The Bertz CT molecular complexity index is 641. The molecule has 0 aromatic heterocycles. The number of nitrogens with one attached hydrogen (secondary N) is 1. The fraction of sp³-hybridized carbons (Fsp3) is 0.333. The van der Waals surface area contributed by atoms with Crippen molar-refractivity contribution < 1.29 is 0 Å². The van der Waals surface area contributed by atoms with Gasteiger partial charge in [-0.3, -0.25) is 0 Å². The first-order valence-electron chi connectivity index (χ1n) is 7.48. The summed E-state index contributed by atoms with van der Waals surface area (Å²) in [7, 11) is 0. The van der Waals surface area contributed by atoms with Crippen LogP contribution in [0, 0.1) is 0 Å². The largest absolute Gasteiger partial charge is 0.374 e. The van der Waals surface area contributed by atoms with E-state index in [2.05, 4.69) is 36.5 Å². The molecule has 3 heteroatoms. The molecule has 0 fully saturated rings. The van der Waals surface area contributed by atoms with E-state index in [9.17, 15) is 0 Å². The summed E-state index contributed by atoms with van der Waals surface area (Å²) in [4.78, 5) is 0. The molecule has 0 amide bonds. The first-order chi connectivity index (χ1) is 10.1. The standard InChI is InChI=1S/C18H21ClN2/c1-13-9-10-18(12-20,17-8-3-2-7-16(13)17)21-15-6-4-5-14(19)11-15/h2-8,11,13,21H,9-10,12,20H2,1H3. The van der Waals surface area contributed by atoms with E-state index >= 15 is 0 Å². The summed E-state index contributed by atoms with van der Waals surface area (Å²) >= 11 is 6.10. The number of rotatable bonds is 3. The Balaban J connectivity index is 2.03. The lowest BCUT2D eigenvalue weighted by Crippen LogP contribution is -2.45. The van der Waals surface area contributed by atoms with Crippen molar-refractivity contribution in [3.63, 3.8) is 0 Å². The monoisotopic (exact) mass is 300 g/mol. The highest BCUT2D eigenvalue weighted by Gasteiger charge is 2.37. The van der Waals surface area contributed by atoms with Crippen LogP contribution < -0.4 is 11.1 Å². The van der Waals surface area contributed by atoms with Crippen molar-refractivity contribution in [2.45, 2.75) is 31.2 Å². The molecule has 3 rings (SSSR count). The van der Waals surface area contributed by atoms with Gasteiger partial charge in [0.25, 0.3) is 0 Å². The van der Waals surface area contributed by atoms with Gasteiger partial charge in [0.05, 0.1) is 5.54 Å². The topological polar surface area (TPSA) is 38.0 Å². The van der Waals surface area contributed by atoms with Crippen LogP contribution in [0.2, 0.25) is 5.02 Å². The Morgan fingerprint density at radius 3 is 2.81 bits per heavy atom. The van der Waals surface area contributed by atoms with Crippen LogP contribution in [-0.4, -0.2) is 6.54 Å². The van der Waals surface area contributed by atoms with Crippen LogP contribution in [0.25, 0.3) is 0 Å². The maximum absolute atomic E-state index is 6.19. The van der Waals surface area contributed by atoms with Crippen molar-refractivity contribution in [3.8, 4) is 0 Å². The highest BCUT2D eigenvalue weighted by atomic mass is 35.5. The number of anilines is 1. The van der Waals surface area contributed by atoms with E-state index in [1.807, 2.05) is 24.3 Å². The predicted octanol–water partition coefficient (Wildman–Crippen LogP) is 4.50. The van der Waals surface area contributed by atoms with Crippen molar-refractivity contribution in [1.82, 2.24) is 0 Å². The summed E-state index contributed by atoms with van der Waals surface area (Å²) < 4.78 is 0. The van der Waals surface area contributed by atoms with Crippen LogP contribution in [0.15, 0.2) is 48.5 Å². The molecular weight excluding hydrogens is 280 g/mol. The van der Waals surface area contributed by atoms with E-state index in [4.69, 9.17) is 17.3 Å². The molecule has 0 saturated carbocycles. The van der Waals surface area contributed by atoms with Crippen LogP contribution >= 0.6 is 11.6 Å². The Morgan fingerprint density at radius 1 is 1.24 bits per heavy atom. The predicted molar refractivity (Wildman–Crippen MR) is 89.9 cm³/mol. The van der Waals surface area contributed by atoms with E-state index in [0.717, 1.165) is 23.6 Å². The van der Waals surface area contributed by atoms with Crippen molar-refractivity contribution in [2.24, 2.45) is 5.73 Å². The summed E-state index contributed by atoms with van der Waals surface area (Å²) in [5, 5.41) is 4.39. The van der Waals surface area contributed by atoms with Crippen LogP contribution in [0.5, 0.6) is 0 Å². The molecule has 0 heterocycles. The molecule has 2 aromatic carbocycles. The quantitative estimate of drug-likeness (QED) is 0.875. The molecular formula is C18H21ClN2. The van der Waals surface area contributed by atoms with Gasteiger partial charge in [0.15, 0.2) is 0 Å². The number of halogens is 1. The van der Waals surface area contributed by atoms with Crippen LogP contribution in [0.3, 0.4) is 0 Å². The molecule has 0 saturated heterocycles. The maximum atomic E-state index is 6.19. The molecule has 1 aliphatic carbocycles. The van der Waals surface area contributed by atoms with Crippen LogP contribution in [0.4, 0.5) is 5.69 Å². The summed E-state index contributed by atoms with van der Waals surface area (Å²) in [5.41, 5.74) is 9.75. The zero-order valence-electron chi connectivity index (χ0n) is 12.3. The lowest BCUT2D eigenvalue weighted by Gasteiger charge is -2.42. The molecule has 0 aliphatic heterocycles. The molecule has 2 unspecified atom stereocenters. The summed E-state index contributed by atoms with van der Waals surface area (Å²) in [6.07, 6.45) is 2.18. The molecule has 3 N–H and O–H groups in total. The molecule has 2 atom stereocenters. The smallest absolute Gasteiger partial charge is 0.0750 e. The lowest BCUT2D eigenvalue weighted by molar-refractivity contribution is 0.391. The van der Waals surface area contributed by atoms with Gasteiger partial charge >= 0.3 is 0 Å². The van der Waals surface area contributed by atoms with Crippen molar-refractivity contribution in [3.05, 3.63) is 64.7 Å². The van der Waals surface area contributed by atoms with E-state index < -0.39 is 0 Å². The number of benzene rings is 2. The van der Waals surface area contributed by atoms with Gasteiger partial charge in [0, 0.05) is 17.3 Å². The molecule has 1 aliphatic rings. The summed E-state index contributed by atoms with van der Waals surface area (Å²) in [5.74, 6) is 0.585. The highest BCUT2D eigenvalue weighted by Crippen LogP contribution is 2.42. The van der Waals surface area contributed by atoms with E-state index in [-0.39, 0.29) is 5.54 Å². The van der Waals surface area contributed by atoms with Crippen molar-refractivity contribution in [2.75, 3.05) is 11.9 Å². The average molecular weight is 301 g/mol. The minimum atomic E-state index is -0.201. The van der Waals surface area contributed by atoms with Gasteiger partial charge < -0.3 is 11.1 Å². The normalized spacial score (nSPS) is 24.4. The summed E-state index contributed by atoms with van der Waals surface area (Å²) in [6, 6.07) is 16.5. The minimum absolute atomic E-state index is 0.201. The number of hydrogen-bond donors (Lipinski definition) is 2. The molecule has 21 heavy (non-hydrogen) atoms. The zero-order valence-corrected chi connectivity index (χ0v) is 13.0. The minimum Gasteiger partial charge on any atom is -0.374 e. The Morgan fingerprint density at radius 2 is 2.05 bits per heavy atom. The van der Waals surface area contributed by atoms with E-state index in [1.54, 1.807) is 0 Å². The Kier molecular flexibility index (Phi) is 3.92. The third-order valence-electron chi connectivity index (χ3n) is 4.57. The van der Waals surface area contributed by atoms with E-state index in [0.29, 0.717) is 12.5 Å². The van der Waals surface area contributed by atoms with Gasteiger partial charge in [-0.2, -0.15) is 0 Å². The van der Waals surface area contributed by atoms with Crippen molar-refractivity contribution >= 4 is 17.3 Å². The van der Waals surface area contributed by atoms with Gasteiger partial charge in [-0.25, -0.2) is 0 Å².